The maximum absolute atomic E-state index is 12.8. The van der Waals surface area contributed by atoms with Crippen LogP contribution >= 0.6 is 0 Å². The summed E-state index contributed by atoms with van der Waals surface area (Å²) in [7, 11) is 0. The Morgan fingerprint density at radius 1 is 0.398 bits per heavy atom. The minimum absolute atomic E-state index is 0.607. The van der Waals surface area contributed by atoms with E-state index in [4.69, 9.17) is 94.7 Å². The summed E-state index contributed by atoms with van der Waals surface area (Å²) in [6.07, 6.45) is -87.7. The van der Waals surface area contributed by atoms with Gasteiger partial charge >= 0.3 is 35.8 Å². The smallest absolute Gasteiger partial charge is 0.364 e. The third kappa shape index (κ3) is 18.7. The Bertz CT molecular complexity index is 2990. The van der Waals surface area contributed by atoms with Gasteiger partial charge in [0.05, 0.1) is 52.2 Å². The van der Waals surface area contributed by atoms with Crippen LogP contribution in [-0.4, -0.2) is 450 Å². The molecule has 9 rings (SSSR count). The van der Waals surface area contributed by atoms with Gasteiger partial charge in [0.15, 0.2) is 80.8 Å². The van der Waals surface area contributed by atoms with Crippen LogP contribution in [0, 0.1) is 0 Å². The number of hydrogen-bond acceptors (Lipinski definition) is 46. The van der Waals surface area contributed by atoms with Crippen LogP contribution in [0.5, 0.6) is 0 Å². The van der Waals surface area contributed by atoms with E-state index in [-0.39, 0.29) is 0 Å². The molecule has 0 spiro atoms. The van der Waals surface area contributed by atoms with Gasteiger partial charge in [-0.3, -0.25) is 14.4 Å². The van der Waals surface area contributed by atoms with Crippen LogP contribution in [0.2, 0.25) is 0 Å². The van der Waals surface area contributed by atoms with E-state index in [0.717, 1.165) is 20.8 Å². The summed E-state index contributed by atoms with van der Waals surface area (Å²) < 4.78 is 111. The first-order valence-electron chi connectivity index (χ1n) is 33.5. The van der Waals surface area contributed by atoms with Crippen LogP contribution in [0.15, 0.2) is 0 Å². The highest BCUT2D eigenvalue weighted by molar-refractivity contribution is 5.75. The maximum Gasteiger partial charge on any atom is 0.364 e. The Balaban J connectivity index is 0.844. The minimum Gasteiger partial charge on any atom is -0.479 e. The predicted molar refractivity (Wildman–Crippen MR) is 319 cm³/mol. The van der Waals surface area contributed by atoms with Crippen LogP contribution in [0.3, 0.4) is 0 Å². The summed E-state index contributed by atoms with van der Waals surface area (Å²) in [5.74, 6) is -11.4. The number of ether oxygens (including phenoxy) is 20. The summed E-state index contributed by atoms with van der Waals surface area (Å²) >= 11 is 0. The number of carboxylic acids is 3. The highest BCUT2D eigenvalue weighted by Gasteiger charge is 2.63. The summed E-state index contributed by atoms with van der Waals surface area (Å²) in [4.78, 5) is 73.9. The lowest BCUT2D eigenvalue weighted by molar-refractivity contribution is -0.404. The lowest BCUT2D eigenvalue weighted by atomic mass is 9.95. The molecule has 0 radical (unpaired) electrons. The molecule has 0 aliphatic carbocycles. The minimum atomic E-state index is -2.49. The molecule has 23 N–H and O–H groups in total. The normalized spacial score (nSPS) is 48.2. The summed E-state index contributed by atoms with van der Waals surface area (Å²) in [5, 5.41) is 251. The average molecular weight is 1580 g/mol. The van der Waals surface area contributed by atoms with Gasteiger partial charge in [-0.2, -0.15) is 0 Å². The van der Waals surface area contributed by atoms with E-state index in [0.29, 0.717) is 0 Å². The highest BCUT2D eigenvalue weighted by atomic mass is 16.8. The first-order valence-corrected chi connectivity index (χ1v) is 33.5. The second kappa shape index (κ2) is 36.7. The van der Waals surface area contributed by atoms with Crippen LogP contribution in [0.4, 0.5) is 0 Å². The van der Waals surface area contributed by atoms with Gasteiger partial charge in [0.1, 0.15) is 165 Å². The number of aliphatic carboxylic acids is 3. The summed E-state index contributed by atoms with van der Waals surface area (Å²) in [6, 6.07) is 0. The van der Waals surface area contributed by atoms with Crippen molar-refractivity contribution in [2.75, 3.05) is 39.6 Å². The third-order valence-corrected chi connectivity index (χ3v) is 18.9. The Morgan fingerprint density at radius 3 is 1.31 bits per heavy atom. The van der Waals surface area contributed by atoms with Gasteiger partial charge < -0.3 is 212 Å². The molecule has 0 amide bonds. The van der Waals surface area contributed by atoms with Gasteiger partial charge in [-0.1, -0.05) is 0 Å². The molecule has 108 heavy (non-hydrogen) atoms. The quantitative estimate of drug-likeness (QED) is 0.0268. The number of aliphatic hydroxyl groups is 20. The van der Waals surface area contributed by atoms with E-state index in [1.807, 2.05) is 0 Å². The van der Waals surface area contributed by atoms with Crippen molar-refractivity contribution >= 4 is 35.8 Å². The molecule has 9 aliphatic heterocycles. The first kappa shape index (κ1) is 87.3. The lowest BCUT2D eigenvalue weighted by Crippen LogP contribution is -2.69. The molecule has 1 unspecified atom stereocenters. The monoisotopic (exact) mass is 1580 g/mol. The molecule has 9 heterocycles. The Kier molecular flexibility index (Phi) is 29.6. The van der Waals surface area contributed by atoms with Crippen molar-refractivity contribution in [3.05, 3.63) is 0 Å². The number of hydrogen-bond donors (Lipinski definition) is 23. The molecule has 9 saturated heterocycles. The molecule has 0 bridgehead atoms. The van der Waals surface area contributed by atoms with E-state index in [2.05, 4.69) is 0 Å². The number of fused-ring (bicyclic) bond motifs is 1. The molecule has 9 aliphatic rings. The molecule has 0 aromatic carbocycles. The number of carboxylic acid groups (broad SMARTS) is 3. The predicted octanol–water partition coefficient (Wildman–Crippen LogP) is -15.9. The second-order valence-electron chi connectivity index (χ2n) is 26.6. The lowest BCUT2D eigenvalue weighted by Gasteiger charge is -2.51. The maximum atomic E-state index is 12.8. The van der Waals surface area contributed by atoms with Crippen molar-refractivity contribution in [1.82, 2.24) is 0 Å². The molecular weight excluding hydrogens is 1490 g/mol. The van der Waals surface area contributed by atoms with E-state index < -0.39 is 339 Å². The molecule has 620 valence electrons. The van der Waals surface area contributed by atoms with Crippen LogP contribution in [0.25, 0.3) is 0 Å². The van der Waals surface area contributed by atoms with Crippen LogP contribution < -0.4 is 0 Å². The van der Waals surface area contributed by atoms with Gasteiger partial charge in [-0.15, -0.1) is 0 Å². The van der Waals surface area contributed by atoms with Gasteiger partial charge in [0, 0.05) is 20.8 Å². The Hall–Kier alpha value is -4.66. The Morgan fingerprint density at radius 2 is 0.806 bits per heavy atom. The third-order valence-electron chi connectivity index (χ3n) is 18.9. The molecule has 0 aromatic heterocycles. The fraction of sp³-hybridized carbons (Fsp3) is 0.898. The SMILES string of the molecule is CC(=O)O[C@@H]1[C@@H](O)[C@H](O[C@@H]2O[C@H](CO)[C@@H](O[C@@H]3O[C@H](C(=O)O)[C@@H](O[C@@H]4O[C@H](C(=O)O)[C@@H](O)[C@H](O)[C@H]4O)[C@H](O)[C@H]3OC(C)=O)[C@H](O)[C@H]2O)[C@@H](CO[C@@H]2O[C@H](CO)[C@@H](O[C@@H]3O[C@H](CO)[C@@H](O[C@@H]4O[C@H](CO)[C@@H](O)[C@H](O[C@@H]5O[C@@H]6CO[C@@](C)(C(=O)O)O[C@@H]6[C@H](OC(=O)CC(C)O)[C@H]5O)[C@H]4O)[C@H](O)[C@H]3O)[C@H](O)[C@H]2O)O[C@@H]1O. The van der Waals surface area contributed by atoms with Crippen molar-refractivity contribution in [3.8, 4) is 0 Å². The number of aliphatic hydroxyl groups excluding tert-OH is 20. The van der Waals surface area contributed by atoms with E-state index in [9.17, 15) is 146 Å². The van der Waals surface area contributed by atoms with Gasteiger partial charge in [0.2, 0.25) is 0 Å². The summed E-state index contributed by atoms with van der Waals surface area (Å²) in [5.41, 5.74) is 0. The van der Waals surface area contributed by atoms with Crippen LogP contribution in [-0.2, 0) is 124 Å². The zero-order valence-corrected chi connectivity index (χ0v) is 57.0. The number of carbonyl (C=O) groups excluding carboxylic acids is 3. The van der Waals surface area contributed by atoms with E-state index >= 15 is 0 Å². The van der Waals surface area contributed by atoms with Crippen molar-refractivity contribution in [3.63, 3.8) is 0 Å². The molecule has 0 saturated carbocycles. The van der Waals surface area contributed by atoms with Gasteiger partial charge in [-0.25, -0.2) is 14.4 Å². The van der Waals surface area contributed by atoms with Gasteiger partial charge in [0.25, 0.3) is 5.79 Å². The Labute approximate surface area is 606 Å². The second-order valence-corrected chi connectivity index (χ2v) is 26.6. The van der Waals surface area contributed by atoms with Crippen molar-refractivity contribution in [2.24, 2.45) is 0 Å². The number of esters is 3. The molecule has 49 nitrogen and oxygen atoms in total. The average Bonchev–Trinajstić information content (AvgIpc) is 0.780. The highest BCUT2D eigenvalue weighted by Crippen LogP contribution is 2.41. The van der Waals surface area contributed by atoms with Crippen molar-refractivity contribution < 1.29 is 241 Å². The first-order chi connectivity index (χ1) is 50.8. The van der Waals surface area contributed by atoms with E-state index in [1.54, 1.807) is 0 Å². The largest absolute Gasteiger partial charge is 0.479 e. The fourth-order valence-electron chi connectivity index (χ4n) is 13.3. The fourth-order valence-corrected chi connectivity index (χ4v) is 13.3. The standard InChI is InChI=1S/C59H90O49/c1-12(64)5-21(67)99-43-35(81)56(98-20-11-90-59(4,58(87)88)108-40(20)43)104-41-22(68)15(6-60)94-55(34(41)80)101-37-17(8-62)96-52(30(76)26(37)72)100-36-16(7-61)95-51(29(75)25(36)71)89-10-19-39(32(78)45(50(86)93-19)91-13(2)65)102-53-31(77)27(73)38(18(9-63)97-53)103-57-46(92-14(3)66)33(79)42(47(107-57)49(84)85)105-54-28(74)23(69)24(70)44(106-54)48(82)83/h12,15-20,22-47,50-57,60-64,68-81,86H,5-11H2,1-4H3,(H,82,83)(H,84,85)(H,87,88)/t12?,15-,16-,17-,18-,19-,20-,22-,23+,24+,25-,26-,27-,28-,29-,30-,31-,32+,33+,34-,35-,36-,37-,38-,39-,40+,41+,42+,43-,44+,45-,46-,47+,50+,51-,52+,53+,54-,55+,56+,57-,59-/m1/s1. The van der Waals surface area contributed by atoms with E-state index in [1.165, 1.54) is 6.92 Å². The van der Waals surface area contributed by atoms with Crippen LogP contribution in [0.1, 0.15) is 34.1 Å². The zero-order valence-electron chi connectivity index (χ0n) is 57.0. The van der Waals surface area contributed by atoms with Crippen molar-refractivity contribution in [2.45, 2.75) is 292 Å². The molecule has 0 aromatic rings. The molecule has 49 heteroatoms. The zero-order chi connectivity index (χ0) is 79.7. The topological polar surface area (TPSA) is 752 Å². The number of rotatable bonds is 27. The summed E-state index contributed by atoms with van der Waals surface area (Å²) in [6.45, 7) is -2.40. The van der Waals surface area contributed by atoms with Gasteiger partial charge in [-0.05, 0) is 6.92 Å². The van der Waals surface area contributed by atoms with Crippen molar-refractivity contribution in [1.29, 1.82) is 0 Å². The molecule has 42 atom stereocenters. The molecule has 9 fully saturated rings. The number of carbonyl (C=O) groups is 6. The molecular formula is C59H90O49.